The molecular weight excluding hydrogens is 267 g/mol. The van der Waals surface area contributed by atoms with Gasteiger partial charge in [-0.1, -0.05) is 0 Å². The smallest absolute Gasteiger partial charge is 0.312 e. The summed E-state index contributed by atoms with van der Waals surface area (Å²) in [7, 11) is 0. The number of carbonyl (C=O) groups excluding carboxylic acids is 1. The summed E-state index contributed by atoms with van der Waals surface area (Å²) in [6.45, 7) is 0.668. The van der Waals surface area contributed by atoms with Gasteiger partial charge in [0.25, 0.3) is 0 Å². The molecule has 1 heterocycles. The van der Waals surface area contributed by atoms with E-state index in [1.807, 2.05) is 0 Å². The lowest BCUT2D eigenvalue weighted by Gasteiger charge is -2.06. The van der Waals surface area contributed by atoms with Gasteiger partial charge < -0.3 is 16.4 Å². The van der Waals surface area contributed by atoms with Crippen molar-refractivity contribution >= 4 is 27.8 Å². The molecule has 2 amide bonds. The number of nitrogens with two attached hydrogens (primary N) is 1. The zero-order valence-corrected chi connectivity index (χ0v) is 9.34. The Labute approximate surface area is 94.4 Å². The maximum Gasteiger partial charge on any atom is 0.312 e. The van der Waals surface area contributed by atoms with Gasteiger partial charge in [0.2, 0.25) is 0 Å². The fraction of sp³-hybridized carbons (Fsp3) is 0.250. The molecule has 0 aromatic carbocycles. The molecule has 0 unspecified atom stereocenters. The molecule has 1 rings (SSSR count). The van der Waals surface area contributed by atoms with Crippen molar-refractivity contribution in [3.8, 4) is 0 Å². The lowest BCUT2D eigenvalue weighted by Crippen LogP contribution is -2.33. The van der Waals surface area contributed by atoms with Crippen LogP contribution in [0.4, 0.5) is 15.0 Å². The van der Waals surface area contributed by atoms with Crippen LogP contribution in [0.25, 0.3) is 0 Å². The van der Waals surface area contributed by atoms with Crippen LogP contribution in [0.15, 0.2) is 16.7 Å². The Hall–Kier alpha value is -1.37. The van der Waals surface area contributed by atoms with E-state index in [-0.39, 0.29) is 5.82 Å². The van der Waals surface area contributed by atoms with Gasteiger partial charge in [0.1, 0.15) is 0 Å². The minimum absolute atomic E-state index is 0.143. The summed E-state index contributed by atoms with van der Waals surface area (Å²) in [5.74, 6) is -0.312. The molecule has 0 aliphatic rings. The van der Waals surface area contributed by atoms with E-state index in [2.05, 4.69) is 31.5 Å². The van der Waals surface area contributed by atoms with Gasteiger partial charge in [-0.2, -0.15) is 0 Å². The second kappa shape index (κ2) is 5.50. The highest BCUT2D eigenvalue weighted by atomic mass is 79.9. The van der Waals surface area contributed by atoms with Crippen LogP contribution < -0.4 is 16.4 Å². The summed E-state index contributed by atoms with van der Waals surface area (Å²) < 4.78 is 13.7. The largest absolute Gasteiger partial charge is 0.366 e. The summed E-state index contributed by atoms with van der Waals surface area (Å²) in [6, 6.07) is 0.692. The molecule has 1 aromatic heterocycles. The van der Waals surface area contributed by atoms with Crippen molar-refractivity contribution in [1.29, 1.82) is 0 Å². The number of aromatic nitrogens is 1. The van der Waals surface area contributed by atoms with E-state index in [4.69, 9.17) is 5.73 Å². The van der Waals surface area contributed by atoms with Gasteiger partial charge in [0.15, 0.2) is 11.6 Å². The van der Waals surface area contributed by atoms with Crippen molar-refractivity contribution in [2.45, 2.75) is 0 Å². The quantitative estimate of drug-likeness (QED) is 0.720. The van der Waals surface area contributed by atoms with Crippen LogP contribution in [-0.2, 0) is 0 Å². The molecule has 0 aliphatic carbocycles. The van der Waals surface area contributed by atoms with E-state index in [0.29, 0.717) is 17.6 Å². The first-order valence-corrected chi connectivity index (χ1v) is 4.97. The minimum atomic E-state index is -0.610. The van der Waals surface area contributed by atoms with Gasteiger partial charge in [-0.25, -0.2) is 14.2 Å². The number of pyridine rings is 1. The normalized spacial score (nSPS) is 9.73. The Morgan fingerprint density at radius 1 is 1.60 bits per heavy atom. The third kappa shape index (κ3) is 4.11. The number of halogens is 2. The molecule has 0 bridgehead atoms. The van der Waals surface area contributed by atoms with Crippen LogP contribution in [0, 0.1) is 5.82 Å². The Balaban J connectivity index is 2.40. The zero-order chi connectivity index (χ0) is 11.3. The highest BCUT2D eigenvalue weighted by Gasteiger charge is 2.02. The maximum atomic E-state index is 13.2. The van der Waals surface area contributed by atoms with Gasteiger partial charge in [-0.05, 0) is 22.0 Å². The number of nitrogens with one attached hydrogen (secondary N) is 2. The number of nitrogens with zero attached hydrogens (tertiary/aromatic N) is 1. The standard InChI is InChI=1S/C8H10BrFN4O/c9-5-3-6(10)7(14-4-5)12-1-2-13-8(11)15/h3-4H,1-2H2,(H,12,14)(H3,11,13,15). The molecule has 0 saturated carbocycles. The molecule has 0 radical (unpaired) electrons. The molecule has 0 spiro atoms. The second-order valence-corrected chi connectivity index (χ2v) is 3.62. The van der Waals surface area contributed by atoms with Crippen molar-refractivity contribution in [2.24, 2.45) is 5.73 Å². The third-order valence-corrected chi connectivity index (χ3v) is 1.96. The van der Waals surface area contributed by atoms with Crippen LogP contribution in [0.2, 0.25) is 0 Å². The van der Waals surface area contributed by atoms with E-state index in [1.54, 1.807) is 0 Å². The van der Waals surface area contributed by atoms with Gasteiger partial charge in [0, 0.05) is 23.8 Å². The molecule has 0 atom stereocenters. The van der Waals surface area contributed by atoms with E-state index in [9.17, 15) is 9.18 Å². The number of rotatable bonds is 4. The third-order valence-electron chi connectivity index (χ3n) is 1.52. The Morgan fingerprint density at radius 3 is 2.93 bits per heavy atom. The Morgan fingerprint density at radius 2 is 2.33 bits per heavy atom. The molecule has 1 aromatic rings. The van der Waals surface area contributed by atoms with Crippen LogP contribution in [0.5, 0.6) is 0 Å². The Kier molecular flexibility index (Phi) is 4.29. The average molecular weight is 277 g/mol. The lowest BCUT2D eigenvalue weighted by atomic mass is 10.4. The molecular formula is C8H10BrFN4O. The fourth-order valence-electron chi connectivity index (χ4n) is 0.911. The first-order chi connectivity index (χ1) is 7.09. The van der Waals surface area contributed by atoms with Crippen molar-refractivity contribution in [2.75, 3.05) is 18.4 Å². The fourth-order valence-corrected chi connectivity index (χ4v) is 1.21. The van der Waals surface area contributed by atoms with Crippen LogP contribution in [0.1, 0.15) is 0 Å². The maximum absolute atomic E-state index is 13.2. The predicted molar refractivity (Wildman–Crippen MR) is 58.0 cm³/mol. The van der Waals surface area contributed by atoms with E-state index >= 15 is 0 Å². The number of anilines is 1. The SMILES string of the molecule is NC(=O)NCCNc1ncc(Br)cc1F. The monoisotopic (exact) mass is 276 g/mol. The number of carbonyl (C=O) groups is 1. The lowest BCUT2D eigenvalue weighted by molar-refractivity contribution is 0.249. The zero-order valence-electron chi connectivity index (χ0n) is 7.76. The van der Waals surface area contributed by atoms with Gasteiger partial charge in [0.05, 0.1) is 0 Å². The highest BCUT2D eigenvalue weighted by molar-refractivity contribution is 9.10. The highest BCUT2D eigenvalue weighted by Crippen LogP contribution is 2.15. The summed E-state index contributed by atoms with van der Waals surface area (Å²) in [4.78, 5) is 14.1. The number of urea groups is 1. The molecule has 0 aliphatic heterocycles. The molecule has 7 heteroatoms. The summed E-state index contributed by atoms with van der Waals surface area (Å²) in [6.07, 6.45) is 1.48. The van der Waals surface area contributed by atoms with Crippen LogP contribution >= 0.6 is 15.9 Å². The molecule has 5 nitrogen and oxygen atoms in total. The topological polar surface area (TPSA) is 80.0 Å². The minimum Gasteiger partial charge on any atom is -0.366 e. The first kappa shape index (κ1) is 11.7. The van der Waals surface area contributed by atoms with Gasteiger partial charge >= 0.3 is 6.03 Å². The van der Waals surface area contributed by atoms with Crippen molar-refractivity contribution in [3.05, 3.63) is 22.6 Å². The molecule has 82 valence electrons. The van der Waals surface area contributed by atoms with E-state index < -0.39 is 11.8 Å². The number of hydrogen-bond donors (Lipinski definition) is 3. The first-order valence-electron chi connectivity index (χ1n) is 4.18. The predicted octanol–water partition coefficient (Wildman–Crippen LogP) is 1.06. The summed E-state index contributed by atoms with van der Waals surface area (Å²) >= 11 is 3.09. The second-order valence-electron chi connectivity index (χ2n) is 2.70. The summed E-state index contributed by atoms with van der Waals surface area (Å²) in [5.41, 5.74) is 4.85. The molecule has 0 saturated heterocycles. The van der Waals surface area contributed by atoms with Crippen LogP contribution in [-0.4, -0.2) is 24.1 Å². The van der Waals surface area contributed by atoms with Crippen molar-refractivity contribution < 1.29 is 9.18 Å². The number of amides is 2. The number of primary amides is 1. The van der Waals surface area contributed by atoms with E-state index in [0.717, 1.165) is 0 Å². The molecule has 15 heavy (non-hydrogen) atoms. The average Bonchev–Trinajstić information content (AvgIpc) is 2.14. The van der Waals surface area contributed by atoms with E-state index in [1.165, 1.54) is 12.3 Å². The Bertz CT molecular complexity index is 360. The van der Waals surface area contributed by atoms with Crippen molar-refractivity contribution in [3.63, 3.8) is 0 Å². The molecule has 0 fully saturated rings. The van der Waals surface area contributed by atoms with Gasteiger partial charge in [-0.3, -0.25) is 0 Å². The van der Waals surface area contributed by atoms with Crippen LogP contribution in [0.3, 0.4) is 0 Å². The van der Waals surface area contributed by atoms with Crippen molar-refractivity contribution in [1.82, 2.24) is 10.3 Å². The summed E-state index contributed by atoms with van der Waals surface area (Å²) in [5, 5.41) is 5.08. The van der Waals surface area contributed by atoms with Gasteiger partial charge in [-0.15, -0.1) is 0 Å². The molecule has 4 N–H and O–H groups in total. The number of hydrogen-bond acceptors (Lipinski definition) is 3.